The van der Waals surface area contributed by atoms with Gasteiger partial charge in [0.2, 0.25) is 11.8 Å². The van der Waals surface area contributed by atoms with Gasteiger partial charge in [0.05, 0.1) is 6.54 Å². The van der Waals surface area contributed by atoms with Gasteiger partial charge in [0.1, 0.15) is 13.2 Å². The molecule has 2 aromatic rings. The molecule has 1 heterocycles. The van der Waals surface area contributed by atoms with Crippen LogP contribution in [0.4, 0.5) is 5.69 Å². The number of rotatable bonds is 8. The zero-order valence-corrected chi connectivity index (χ0v) is 14.7. The quantitative estimate of drug-likeness (QED) is 0.772. The topological polar surface area (TPSA) is 67.4 Å². The monoisotopic (exact) mass is 346 g/mol. The summed E-state index contributed by atoms with van der Waals surface area (Å²) in [5.41, 5.74) is 1.93. The average molecular weight is 346 g/mol. The zero-order chi connectivity index (χ0) is 17.4. The van der Waals surface area contributed by atoms with Gasteiger partial charge in [-0.1, -0.05) is 32.0 Å². The Hall–Kier alpha value is -2.18. The molecule has 0 bridgehead atoms. The number of thiophene rings is 1. The number of benzene rings is 1. The van der Waals surface area contributed by atoms with E-state index in [2.05, 4.69) is 24.5 Å². The second-order valence-corrected chi connectivity index (χ2v) is 6.71. The van der Waals surface area contributed by atoms with Crippen LogP contribution in [0.5, 0.6) is 0 Å². The van der Waals surface area contributed by atoms with Crippen LogP contribution in [0.3, 0.4) is 0 Å². The molecule has 0 radical (unpaired) electrons. The lowest BCUT2D eigenvalue weighted by atomic mass is 10.0. The molecule has 24 heavy (non-hydrogen) atoms. The normalized spacial score (nSPS) is 10.6. The number of carbonyl (C=O) groups excluding carboxylic acids is 2. The molecule has 2 amide bonds. The molecule has 2 N–H and O–H groups in total. The van der Waals surface area contributed by atoms with Crippen LogP contribution in [0.2, 0.25) is 0 Å². The predicted molar refractivity (Wildman–Crippen MR) is 96.1 cm³/mol. The van der Waals surface area contributed by atoms with Crippen molar-refractivity contribution in [2.45, 2.75) is 26.3 Å². The Morgan fingerprint density at radius 1 is 1.08 bits per heavy atom. The first-order chi connectivity index (χ1) is 11.5. The van der Waals surface area contributed by atoms with Gasteiger partial charge in [-0.05, 0) is 35.1 Å². The number of hydrogen-bond acceptors (Lipinski definition) is 4. The van der Waals surface area contributed by atoms with E-state index in [9.17, 15) is 9.59 Å². The van der Waals surface area contributed by atoms with Crippen molar-refractivity contribution in [3.63, 3.8) is 0 Å². The minimum Gasteiger partial charge on any atom is -0.362 e. The molecule has 6 heteroatoms. The van der Waals surface area contributed by atoms with Gasteiger partial charge in [-0.3, -0.25) is 9.59 Å². The largest absolute Gasteiger partial charge is 0.362 e. The lowest BCUT2D eigenvalue weighted by molar-refractivity contribution is -0.128. The average Bonchev–Trinajstić information content (AvgIpc) is 3.07. The van der Waals surface area contributed by atoms with E-state index in [4.69, 9.17) is 4.74 Å². The second kappa shape index (κ2) is 9.20. The van der Waals surface area contributed by atoms with Crippen LogP contribution < -0.4 is 10.6 Å². The number of carbonyl (C=O) groups is 2. The SMILES string of the molecule is CC(C)c1ccc(NC(=O)COCC(=O)NCc2cccs2)cc1. The van der Waals surface area contributed by atoms with Gasteiger partial charge in [-0.15, -0.1) is 11.3 Å². The van der Waals surface area contributed by atoms with Crippen LogP contribution in [-0.4, -0.2) is 25.0 Å². The van der Waals surface area contributed by atoms with Gasteiger partial charge in [0.25, 0.3) is 0 Å². The summed E-state index contributed by atoms with van der Waals surface area (Å²) in [6.45, 7) is 4.42. The summed E-state index contributed by atoms with van der Waals surface area (Å²) in [6, 6.07) is 11.6. The lowest BCUT2D eigenvalue weighted by Gasteiger charge is -2.09. The molecule has 0 saturated carbocycles. The van der Waals surface area contributed by atoms with E-state index in [1.54, 1.807) is 11.3 Å². The molecule has 1 aromatic carbocycles. The standard InChI is InChI=1S/C18H22N2O3S/c1-13(2)14-5-7-15(8-6-14)20-18(22)12-23-11-17(21)19-10-16-4-3-9-24-16/h3-9,13H,10-12H2,1-2H3,(H,19,21)(H,20,22). The Kier molecular flexibility index (Phi) is 6.96. The summed E-state index contributed by atoms with van der Waals surface area (Å²) in [5.74, 6) is -0.0679. The van der Waals surface area contributed by atoms with Gasteiger partial charge in [-0.2, -0.15) is 0 Å². The van der Waals surface area contributed by atoms with Crippen LogP contribution in [0.25, 0.3) is 0 Å². The highest BCUT2D eigenvalue weighted by Crippen LogP contribution is 2.17. The Labute approximate surface area is 146 Å². The number of ether oxygens (including phenoxy) is 1. The highest BCUT2D eigenvalue weighted by atomic mass is 32.1. The van der Waals surface area contributed by atoms with E-state index < -0.39 is 0 Å². The summed E-state index contributed by atoms with van der Waals surface area (Å²) in [6.07, 6.45) is 0. The number of anilines is 1. The van der Waals surface area contributed by atoms with Crippen LogP contribution >= 0.6 is 11.3 Å². The minimum absolute atomic E-state index is 0.134. The molecule has 0 saturated heterocycles. The molecule has 0 aliphatic heterocycles. The fourth-order valence-electron chi connectivity index (χ4n) is 2.03. The van der Waals surface area contributed by atoms with Crippen molar-refractivity contribution in [1.82, 2.24) is 5.32 Å². The van der Waals surface area contributed by atoms with Crippen molar-refractivity contribution in [2.24, 2.45) is 0 Å². The van der Waals surface area contributed by atoms with E-state index in [1.807, 2.05) is 41.8 Å². The summed E-state index contributed by atoms with van der Waals surface area (Å²) >= 11 is 1.58. The van der Waals surface area contributed by atoms with E-state index in [0.717, 1.165) is 10.6 Å². The third kappa shape index (κ3) is 6.14. The minimum atomic E-state index is -0.279. The van der Waals surface area contributed by atoms with Crippen molar-refractivity contribution in [3.05, 3.63) is 52.2 Å². The van der Waals surface area contributed by atoms with Crippen LogP contribution in [0.15, 0.2) is 41.8 Å². The molecular formula is C18H22N2O3S. The molecule has 0 aliphatic carbocycles. The summed E-state index contributed by atoms with van der Waals surface area (Å²) in [7, 11) is 0. The first kappa shape index (κ1) is 18.2. The molecule has 0 aliphatic rings. The first-order valence-electron chi connectivity index (χ1n) is 7.81. The fraction of sp³-hybridized carbons (Fsp3) is 0.333. The molecule has 0 unspecified atom stereocenters. The van der Waals surface area contributed by atoms with Crippen molar-refractivity contribution in [1.29, 1.82) is 0 Å². The highest BCUT2D eigenvalue weighted by molar-refractivity contribution is 7.09. The lowest BCUT2D eigenvalue weighted by Crippen LogP contribution is -2.29. The maximum absolute atomic E-state index is 11.8. The van der Waals surface area contributed by atoms with E-state index in [-0.39, 0.29) is 25.0 Å². The summed E-state index contributed by atoms with van der Waals surface area (Å²) < 4.78 is 5.14. The molecule has 0 atom stereocenters. The van der Waals surface area contributed by atoms with Gasteiger partial charge in [0.15, 0.2) is 0 Å². The summed E-state index contributed by atoms with van der Waals surface area (Å²) in [4.78, 5) is 24.5. The van der Waals surface area contributed by atoms with Crippen LogP contribution in [0.1, 0.15) is 30.2 Å². The molecule has 128 valence electrons. The van der Waals surface area contributed by atoms with E-state index in [0.29, 0.717) is 12.5 Å². The molecular weight excluding hydrogens is 324 g/mol. The number of nitrogens with one attached hydrogen (secondary N) is 2. The smallest absolute Gasteiger partial charge is 0.250 e. The molecule has 0 spiro atoms. The van der Waals surface area contributed by atoms with Gasteiger partial charge in [-0.25, -0.2) is 0 Å². The van der Waals surface area contributed by atoms with E-state index in [1.165, 1.54) is 5.56 Å². The third-order valence-electron chi connectivity index (χ3n) is 3.37. The Morgan fingerprint density at radius 2 is 1.79 bits per heavy atom. The number of hydrogen-bond donors (Lipinski definition) is 2. The second-order valence-electron chi connectivity index (χ2n) is 5.67. The highest BCUT2D eigenvalue weighted by Gasteiger charge is 2.07. The first-order valence-corrected chi connectivity index (χ1v) is 8.69. The molecule has 0 fully saturated rings. The summed E-state index contributed by atoms with van der Waals surface area (Å²) in [5, 5.41) is 7.44. The Balaban J connectivity index is 1.64. The van der Waals surface area contributed by atoms with Gasteiger partial charge >= 0.3 is 0 Å². The Morgan fingerprint density at radius 3 is 2.42 bits per heavy atom. The van der Waals surface area contributed by atoms with Crippen molar-refractivity contribution in [3.8, 4) is 0 Å². The zero-order valence-electron chi connectivity index (χ0n) is 13.9. The predicted octanol–water partition coefficient (Wildman–Crippen LogP) is 3.14. The van der Waals surface area contributed by atoms with Crippen molar-refractivity contribution >= 4 is 28.8 Å². The fourth-order valence-corrected chi connectivity index (χ4v) is 2.68. The molecule has 1 aromatic heterocycles. The number of amides is 2. The molecule has 2 rings (SSSR count). The maximum Gasteiger partial charge on any atom is 0.250 e. The van der Waals surface area contributed by atoms with Crippen LogP contribution in [-0.2, 0) is 20.9 Å². The van der Waals surface area contributed by atoms with E-state index >= 15 is 0 Å². The van der Waals surface area contributed by atoms with Crippen molar-refractivity contribution in [2.75, 3.05) is 18.5 Å². The Bertz CT molecular complexity index is 651. The maximum atomic E-state index is 11.8. The molecule has 5 nitrogen and oxygen atoms in total. The third-order valence-corrected chi connectivity index (χ3v) is 4.24. The van der Waals surface area contributed by atoms with Crippen molar-refractivity contribution < 1.29 is 14.3 Å². The van der Waals surface area contributed by atoms with Crippen LogP contribution in [0, 0.1) is 0 Å². The van der Waals surface area contributed by atoms with Gasteiger partial charge in [0, 0.05) is 10.6 Å². The van der Waals surface area contributed by atoms with Gasteiger partial charge < -0.3 is 15.4 Å².